The van der Waals surface area contributed by atoms with Crippen LogP contribution in [0.1, 0.15) is 19.3 Å². The molecule has 1 fully saturated rings. The Morgan fingerprint density at radius 1 is 1.39 bits per heavy atom. The van der Waals surface area contributed by atoms with E-state index in [9.17, 15) is 9.18 Å². The summed E-state index contributed by atoms with van der Waals surface area (Å²) in [5.41, 5.74) is 1.18. The van der Waals surface area contributed by atoms with Gasteiger partial charge in [-0.15, -0.1) is 0 Å². The Labute approximate surface area is 179 Å². The Kier molecular flexibility index (Phi) is 5.66. The Hall–Kier alpha value is -3.74. The number of aromatic nitrogens is 4. The number of hydrogen-bond donors (Lipinski definition) is 1. The second-order valence-electron chi connectivity index (χ2n) is 7.71. The van der Waals surface area contributed by atoms with Gasteiger partial charge in [-0.25, -0.2) is 19.3 Å². The molecule has 4 rings (SSSR count). The Morgan fingerprint density at radius 2 is 2.23 bits per heavy atom. The fourth-order valence-electron chi connectivity index (χ4n) is 3.68. The molecule has 1 aliphatic rings. The number of nitriles is 1. The first-order chi connectivity index (χ1) is 14.9. The molecule has 0 unspecified atom stereocenters. The lowest BCUT2D eigenvalue weighted by Crippen LogP contribution is -2.45. The van der Waals surface area contributed by atoms with E-state index in [-0.39, 0.29) is 24.2 Å². The van der Waals surface area contributed by atoms with Crippen molar-refractivity contribution in [3.63, 3.8) is 0 Å². The van der Waals surface area contributed by atoms with Crippen LogP contribution in [0.3, 0.4) is 0 Å². The van der Waals surface area contributed by atoms with E-state index in [1.54, 1.807) is 21.6 Å². The maximum absolute atomic E-state index is 13.8. The summed E-state index contributed by atoms with van der Waals surface area (Å²) in [6.07, 6.45) is 4.60. The third-order valence-corrected chi connectivity index (χ3v) is 5.23. The van der Waals surface area contributed by atoms with Gasteiger partial charge in [-0.05, 0) is 25.0 Å². The highest BCUT2D eigenvalue weighted by Gasteiger charge is 2.24. The molecule has 1 amide bonds. The number of anilines is 2. The van der Waals surface area contributed by atoms with Crippen LogP contribution in [0.25, 0.3) is 17.2 Å². The van der Waals surface area contributed by atoms with E-state index in [0.717, 1.165) is 12.8 Å². The lowest BCUT2D eigenvalue weighted by atomic mass is 10.1. The molecule has 9 nitrogen and oxygen atoms in total. The lowest BCUT2D eigenvalue weighted by molar-refractivity contribution is -0.131. The van der Waals surface area contributed by atoms with Gasteiger partial charge in [0, 0.05) is 45.5 Å². The number of pyridine rings is 1. The van der Waals surface area contributed by atoms with Crippen LogP contribution >= 0.6 is 0 Å². The van der Waals surface area contributed by atoms with Crippen LogP contribution in [-0.4, -0.2) is 63.4 Å². The number of fused-ring (bicyclic) bond motifs is 1. The van der Waals surface area contributed by atoms with Crippen molar-refractivity contribution in [1.82, 2.24) is 24.3 Å². The number of nitrogens with one attached hydrogen (secondary N) is 1. The number of piperidine rings is 1. The predicted molar refractivity (Wildman–Crippen MR) is 114 cm³/mol. The second-order valence-corrected chi connectivity index (χ2v) is 7.71. The summed E-state index contributed by atoms with van der Waals surface area (Å²) in [5.74, 6) is 1.18. The van der Waals surface area contributed by atoms with Crippen molar-refractivity contribution in [3.8, 4) is 17.6 Å². The third kappa shape index (κ3) is 4.40. The summed E-state index contributed by atoms with van der Waals surface area (Å²) in [5, 5.41) is 12.2. The molecular formula is C21H23FN8O. The van der Waals surface area contributed by atoms with Crippen molar-refractivity contribution in [2.45, 2.75) is 25.3 Å². The molecule has 0 saturated carbocycles. The van der Waals surface area contributed by atoms with Gasteiger partial charge in [0.25, 0.3) is 0 Å². The molecule has 31 heavy (non-hydrogen) atoms. The van der Waals surface area contributed by atoms with Crippen LogP contribution < -0.4 is 10.2 Å². The van der Waals surface area contributed by atoms with Crippen LogP contribution in [-0.2, 0) is 4.79 Å². The van der Waals surface area contributed by atoms with Gasteiger partial charge < -0.3 is 15.1 Å². The number of carbonyl (C=O) groups excluding carboxylic acids is 1. The first kappa shape index (κ1) is 20.5. The fraction of sp³-hybridized carbons (Fsp3) is 0.381. The number of carbonyl (C=O) groups is 1. The van der Waals surface area contributed by atoms with Crippen molar-refractivity contribution in [1.29, 1.82) is 5.26 Å². The van der Waals surface area contributed by atoms with Crippen LogP contribution in [0.2, 0.25) is 0 Å². The van der Waals surface area contributed by atoms with Crippen LogP contribution in [0, 0.1) is 17.1 Å². The smallest absolute Gasteiger partial charge is 0.236 e. The molecular weight excluding hydrogens is 399 g/mol. The van der Waals surface area contributed by atoms with E-state index < -0.39 is 0 Å². The maximum Gasteiger partial charge on any atom is 0.236 e. The average molecular weight is 422 g/mol. The fourth-order valence-corrected chi connectivity index (χ4v) is 3.68. The van der Waals surface area contributed by atoms with Gasteiger partial charge in [0.15, 0.2) is 5.82 Å². The van der Waals surface area contributed by atoms with E-state index in [1.165, 1.54) is 12.3 Å². The number of amides is 1. The summed E-state index contributed by atoms with van der Waals surface area (Å²) >= 11 is 0. The maximum atomic E-state index is 13.8. The van der Waals surface area contributed by atoms with Gasteiger partial charge in [0.05, 0.1) is 12.3 Å². The van der Waals surface area contributed by atoms with Crippen molar-refractivity contribution in [2.24, 2.45) is 0 Å². The Morgan fingerprint density at radius 3 is 3.00 bits per heavy atom. The number of hydrogen-bond acceptors (Lipinski definition) is 7. The minimum atomic E-state index is -0.377. The van der Waals surface area contributed by atoms with Gasteiger partial charge in [-0.3, -0.25) is 9.20 Å². The molecule has 1 atom stereocenters. The van der Waals surface area contributed by atoms with Crippen molar-refractivity contribution >= 4 is 23.2 Å². The van der Waals surface area contributed by atoms with Gasteiger partial charge in [0.2, 0.25) is 5.91 Å². The SMILES string of the molecule is CN(C)c1cc(N[C@@H]2CCCN(C(=O)CC#N)C2)nc(-c2cnc3ccc(F)cn23)n1. The summed E-state index contributed by atoms with van der Waals surface area (Å²) in [7, 11) is 3.76. The lowest BCUT2D eigenvalue weighted by Gasteiger charge is -2.33. The zero-order chi connectivity index (χ0) is 22.0. The van der Waals surface area contributed by atoms with E-state index in [4.69, 9.17) is 5.26 Å². The van der Waals surface area contributed by atoms with Crippen molar-refractivity contribution in [3.05, 3.63) is 36.4 Å². The first-order valence-electron chi connectivity index (χ1n) is 10.1. The molecule has 1 saturated heterocycles. The minimum Gasteiger partial charge on any atom is -0.365 e. The molecule has 10 heteroatoms. The van der Waals surface area contributed by atoms with Gasteiger partial charge >= 0.3 is 0 Å². The summed E-state index contributed by atoms with van der Waals surface area (Å²) in [6.45, 7) is 1.17. The number of rotatable bonds is 5. The van der Waals surface area contributed by atoms with E-state index in [1.807, 2.05) is 31.1 Å². The predicted octanol–water partition coefficient (Wildman–Crippen LogP) is 2.31. The first-order valence-corrected chi connectivity index (χ1v) is 10.1. The number of imidazole rings is 1. The molecule has 0 radical (unpaired) electrons. The molecule has 3 aromatic rings. The van der Waals surface area contributed by atoms with Gasteiger partial charge in [-0.1, -0.05) is 0 Å². The van der Waals surface area contributed by atoms with Gasteiger partial charge in [-0.2, -0.15) is 5.26 Å². The van der Waals surface area contributed by atoms with Crippen molar-refractivity contribution < 1.29 is 9.18 Å². The van der Waals surface area contributed by atoms with E-state index in [2.05, 4.69) is 20.3 Å². The van der Waals surface area contributed by atoms with E-state index in [0.29, 0.717) is 41.9 Å². The molecule has 0 bridgehead atoms. The van der Waals surface area contributed by atoms with Crippen molar-refractivity contribution in [2.75, 3.05) is 37.4 Å². The highest BCUT2D eigenvalue weighted by Crippen LogP contribution is 2.24. The van der Waals surface area contributed by atoms with Crippen LogP contribution in [0.5, 0.6) is 0 Å². The topological polar surface area (TPSA) is 102 Å². The third-order valence-electron chi connectivity index (χ3n) is 5.23. The molecule has 1 N–H and O–H groups in total. The Bertz CT molecular complexity index is 1150. The molecule has 160 valence electrons. The molecule has 4 heterocycles. The zero-order valence-electron chi connectivity index (χ0n) is 17.4. The highest BCUT2D eigenvalue weighted by molar-refractivity contribution is 5.78. The summed E-state index contributed by atoms with van der Waals surface area (Å²) in [4.78, 5) is 29.3. The summed E-state index contributed by atoms with van der Waals surface area (Å²) in [6, 6.07) is 6.72. The molecule has 0 spiro atoms. The summed E-state index contributed by atoms with van der Waals surface area (Å²) < 4.78 is 15.4. The molecule has 0 aromatic carbocycles. The van der Waals surface area contributed by atoms with E-state index >= 15 is 0 Å². The Balaban J connectivity index is 1.64. The normalized spacial score (nSPS) is 16.2. The number of likely N-dealkylation sites (tertiary alicyclic amines) is 1. The molecule has 0 aliphatic carbocycles. The number of halogens is 1. The second kappa shape index (κ2) is 8.55. The van der Waals surface area contributed by atoms with Crippen LogP contribution in [0.4, 0.5) is 16.0 Å². The standard InChI is InChI=1S/C21H23FN8O/c1-28(2)19-10-17(25-15-4-3-9-29(13-15)20(31)7-8-23)26-21(27-19)16-11-24-18-6-5-14(22)12-30(16)18/h5-6,10-12,15H,3-4,7,9,13H2,1-2H3,(H,25,26,27)/t15-/m1/s1. The number of nitrogens with zero attached hydrogens (tertiary/aromatic N) is 7. The van der Waals surface area contributed by atoms with Gasteiger partial charge in [0.1, 0.15) is 35.2 Å². The molecule has 1 aliphatic heterocycles. The zero-order valence-corrected chi connectivity index (χ0v) is 17.4. The quantitative estimate of drug-likeness (QED) is 0.673. The highest BCUT2D eigenvalue weighted by atomic mass is 19.1. The minimum absolute atomic E-state index is 0.00813. The van der Waals surface area contributed by atoms with Crippen LogP contribution in [0.15, 0.2) is 30.6 Å². The largest absolute Gasteiger partial charge is 0.365 e. The molecule has 3 aromatic heterocycles. The monoisotopic (exact) mass is 422 g/mol. The average Bonchev–Trinajstić information content (AvgIpc) is 3.17.